The van der Waals surface area contributed by atoms with Gasteiger partial charge in [-0.25, -0.2) is 9.78 Å². The zero-order valence-electron chi connectivity index (χ0n) is 22.9. The van der Waals surface area contributed by atoms with E-state index in [1.807, 2.05) is 23.6 Å². The average Bonchev–Trinajstić information content (AvgIpc) is 3.34. The maximum atomic E-state index is 14.2. The molecule has 0 spiro atoms. The summed E-state index contributed by atoms with van der Waals surface area (Å²) in [6, 6.07) is 7.20. The highest BCUT2D eigenvalue weighted by atomic mass is 16.5. The van der Waals surface area contributed by atoms with Crippen LogP contribution in [0.1, 0.15) is 35.8 Å². The number of hydrogen-bond donors (Lipinski definition) is 1. The fraction of sp³-hybridized carbons (Fsp3) is 0.464. The van der Waals surface area contributed by atoms with Crippen molar-refractivity contribution >= 4 is 33.8 Å². The Balaban J connectivity index is 1.57. The van der Waals surface area contributed by atoms with Crippen molar-refractivity contribution in [2.24, 2.45) is 12.8 Å². The topological polar surface area (TPSA) is 134 Å². The molecule has 1 amide bonds. The predicted octanol–water partition coefficient (Wildman–Crippen LogP) is 0.913. The van der Waals surface area contributed by atoms with Gasteiger partial charge < -0.3 is 24.8 Å². The zero-order chi connectivity index (χ0) is 28.0. The molecule has 0 radical (unpaired) electrons. The fourth-order valence-corrected chi connectivity index (χ4v) is 5.98. The number of carbonyl (C=O) groups is 1. The smallest absolute Gasteiger partial charge is 0.331 e. The lowest BCUT2D eigenvalue weighted by Crippen LogP contribution is -2.45. The number of nitrogens with zero attached hydrogens (tertiary/aromatic N) is 7. The van der Waals surface area contributed by atoms with Crippen LogP contribution in [-0.2, 0) is 24.9 Å². The van der Waals surface area contributed by atoms with Gasteiger partial charge in [0.1, 0.15) is 16.9 Å². The number of nitrogens with two attached hydrogens (primary N) is 1. The van der Waals surface area contributed by atoms with E-state index in [1.54, 1.807) is 30.3 Å². The molecule has 2 aliphatic rings. The lowest BCUT2D eigenvalue weighted by molar-refractivity contribution is 0.0304. The van der Waals surface area contributed by atoms with Gasteiger partial charge in [0.25, 0.3) is 11.5 Å². The van der Waals surface area contributed by atoms with Crippen LogP contribution in [0.15, 0.2) is 40.1 Å². The largest absolute Gasteiger partial charge is 0.378 e. The highest BCUT2D eigenvalue weighted by Gasteiger charge is 2.34. The number of rotatable bonds is 5. The summed E-state index contributed by atoms with van der Waals surface area (Å²) >= 11 is 0. The van der Waals surface area contributed by atoms with Gasteiger partial charge in [0.15, 0.2) is 0 Å². The van der Waals surface area contributed by atoms with Gasteiger partial charge in [-0.3, -0.25) is 23.7 Å². The second kappa shape index (κ2) is 10.5. The van der Waals surface area contributed by atoms with Crippen molar-refractivity contribution in [2.45, 2.75) is 38.9 Å². The van der Waals surface area contributed by atoms with Crippen molar-refractivity contribution < 1.29 is 9.53 Å². The zero-order valence-corrected chi connectivity index (χ0v) is 22.9. The van der Waals surface area contributed by atoms with Gasteiger partial charge in [0.2, 0.25) is 0 Å². The van der Waals surface area contributed by atoms with Crippen LogP contribution in [0.3, 0.4) is 0 Å². The van der Waals surface area contributed by atoms with E-state index in [4.69, 9.17) is 10.5 Å². The van der Waals surface area contributed by atoms with Crippen LogP contribution in [0.25, 0.3) is 22.1 Å². The highest BCUT2D eigenvalue weighted by molar-refractivity contribution is 6.11. The van der Waals surface area contributed by atoms with Crippen LogP contribution in [0, 0.1) is 0 Å². The second-order valence-corrected chi connectivity index (χ2v) is 10.5. The molecular weight excluding hydrogens is 512 g/mol. The summed E-state index contributed by atoms with van der Waals surface area (Å²) < 4.78 is 10.0. The molecule has 4 aromatic heterocycles. The molecule has 4 aromatic rings. The highest BCUT2D eigenvalue weighted by Crippen LogP contribution is 2.34. The number of fused-ring (bicyclic) bond motifs is 2. The molecule has 12 nitrogen and oxygen atoms in total. The SMILES string of the molecule is CCn1c(N2CCC[C@@H](N)C2)c(C(=O)N2CCOCC2)c2c1c(=O)n(Cc1ccc3ncccc3n1)c(=O)n2C. The Hall–Kier alpha value is -4.03. The molecule has 0 aromatic carbocycles. The number of piperidine rings is 1. The van der Waals surface area contributed by atoms with E-state index in [9.17, 15) is 14.4 Å². The number of aryl methyl sites for hydroxylation is 2. The molecule has 0 aliphatic carbocycles. The molecular formula is C28H34N8O4. The predicted molar refractivity (Wildman–Crippen MR) is 152 cm³/mol. The lowest BCUT2D eigenvalue weighted by atomic mass is 10.1. The third-order valence-corrected chi connectivity index (χ3v) is 7.93. The van der Waals surface area contributed by atoms with E-state index in [0.717, 1.165) is 18.4 Å². The fourth-order valence-electron chi connectivity index (χ4n) is 5.98. The Morgan fingerprint density at radius 2 is 1.88 bits per heavy atom. The first-order valence-electron chi connectivity index (χ1n) is 13.8. The maximum absolute atomic E-state index is 14.2. The molecule has 0 saturated carbocycles. The minimum absolute atomic E-state index is 0.00214. The maximum Gasteiger partial charge on any atom is 0.331 e. The molecule has 40 heavy (non-hydrogen) atoms. The molecule has 0 bridgehead atoms. The van der Waals surface area contributed by atoms with Gasteiger partial charge in [0, 0.05) is 52.0 Å². The first-order valence-corrected chi connectivity index (χ1v) is 13.8. The van der Waals surface area contributed by atoms with E-state index in [2.05, 4.69) is 14.9 Å². The molecule has 0 unspecified atom stereocenters. The lowest BCUT2D eigenvalue weighted by Gasteiger charge is -2.34. The minimum atomic E-state index is -0.503. The van der Waals surface area contributed by atoms with Crippen LogP contribution in [0.5, 0.6) is 0 Å². The average molecular weight is 547 g/mol. The number of ether oxygens (including phenoxy) is 1. The van der Waals surface area contributed by atoms with Crippen LogP contribution in [0.4, 0.5) is 5.82 Å². The standard InChI is InChI=1S/C28H34N8O4/c1-3-35-24-23(22(26(37)33-12-14-40-15-13-33)25(35)34-11-5-6-18(29)16-34)32(2)28(39)36(27(24)38)17-19-8-9-20-21(31-19)7-4-10-30-20/h4,7-10,18H,3,5-6,11-17,29H2,1-2H3/t18-/m1/s1. The van der Waals surface area contributed by atoms with Crippen LogP contribution in [-0.4, -0.2) is 79.9 Å². The number of anilines is 1. The summed E-state index contributed by atoms with van der Waals surface area (Å²) in [5, 5.41) is 0. The van der Waals surface area contributed by atoms with E-state index in [-0.39, 0.29) is 18.5 Å². The molecule has 2 fully saturated rings. The summed E-state index contributed by atoms with van der Waals surface area (Å²) in [5.41, 5.74) is 8.46. The summed E-state index contributed by atoms with van der Waals surface area (Å²) in [6.45, 7) is 5.46. The number of aromatic nitrogens is 5. The Morgan fingerprint density at radius 3 is 2.62 bits per heavy atom. The molecule has 210 valence electrons. The van der Waals surface area contributed by atoms with E-state index < -0.39 is 11.2 Å². The minimum Gasteiger partial charge on any atom is -0.378 e. The number of morpholine rings is 1. The Morgan fingerprint density at radius 1 is 1.07 bits per heavy atom. The number of carbonyl (C=O) groups excluding carboxylic acids is 1. The number of amides is 1. The van der Waals surface area contributed by atoms with Crippen molar-refractivity contribution in [3.8, 4) is 0 Å². The molecule has 2 aliphatic heterocycles. The van der Waals surface area contributed by atoms with Gasteiger partial charge in [-0.05, 0) is 44.0 Å². The molecule has 2 saturated heterocycles. The molecule has 6 heterocycles. The van der Waals surface area contributed by atoms with Crippen molar-refractivity contribution in [2.75, 3.05) is 44.3 Å². The van der Waals surface area contributed by atoms with Crippen molar-refractivity contribution in [1.82, 2.24) is 28.6 Å². The molecule has 12 heteroatoms. The summed E-state index contributed by atoms with van der Waals surface area (Å²) in [5.74, 6) is 0.453. The number of pyridine rings is 2. The summed E-state index contributed by atoms with van der Waals surface area (Å²) in [7, 11) is 1.63. The van der Waals surface area contributed by atoms with E-state index >= 15 is 0 Å². The molecule has 6 rings (SSSR count). The first-order chi connectivity index (χ1) is 19.4. The van der Waals surface area contributed by atoms with Gasteiger partial charge >= 0.3 is 5.69 Å². The monoisotopic (exact) mass is 546 g/mol. The van der Waals surface area contributed by atoms with Crippen molar-refractivity contribution in [1.29, 1.82) is 0 Å². The van der Waals surface area contributed by atoms with E-state index in [0.29, 0.717) is 79.6 Å². The van der Waals surface area contributed by atoms with Gasteiger partial charge in [-0.2, -0.15) is 0 Å². The Bertz CT molecular complexity index is 1720. The third kappa shape index (κ3) is 4.37. The third-order valence-electron chi connectivity index (χ3n) is 7.93. The van der Waals surface area contributed by atoms with Crippen molar-refractivity contribution in [3.63, 3.8) is 0 Å². The summed E-state index contributed by atoms with van der Waals surface area (Å²) in [4.78, 5) is 54.8. The molecule has 2 N–H and O–H groups in total. The quantitative estimate of drug-likeness (QED) is 0.391. The number of hydrogen-bond acceptors (Lipinski definition) is 8. The van der Waals surface area contributed by atoms with Crippen LogP contribution < -0.4 is 21.9 Å². The molecule has 1 atom stereocenters. The van der Waals surface area contributed by atoms with Crippen LogP contribution >= 0.6 is 0 Å². The summed E-state index contributed by atoms with van der Waals surface area (Å²) in [6.07, 6.45) is 3.47. The van der Waals surface area contributed by atoms with Gasteiger partial charge in [-0.1, -0.05) is 0 Å². The van der Waals surface area contributed by atoms with Crippen molar-refractivity contribution in [3.05, 3.63) is 62.6 Å². The first kappa shape index (κ1) is 26.2. The van der Waals surface area contributed by atoms with Crippen LogP contribution in [0.2, 0.25) is 0 Å². The Kier molecular flexibility index (Phi) is 6.88. The van der Waals surface area contributed by atoms with Gasteiger partial charge in [-0.15, -0.1) is 0 Å². The second-order valence-electron chi connectivity index (χ2n) is 10.5. The normalized spacial score (nSPS) is 18.1. The van der Waals surface area contributed by atoms with E-state index in [1.165, 1.54) is 9.13 Å². The van der Waals surface area contributed by atoms with Gasteiger partial charge in [0.05, 0.1) is 42.0 Å². The Labute approximate surface area is 230 Å².